The number of hydrogen-bond donors (Lipinski definition) is 2. The van der Waals surface area contributed by atoms with E-state index in [0.29, 0.717) is 19.0 Å². The highest BCUT2D eigenvalue weighted by molar-refractivity contribution is 5.93. The summed E-state index contributed by atoms with van der Waals surface area (Å²) in [5.74, 6) is -0.314. The molecule has 0 radical (unpaired) electrons. The van der Waals surface area contributed by atoms with Crippen LogP contribution in [0.1, 0.15) is 24.8 Å². The second-order valence-corrected chi connectivity index (χ2v) is 4.85. The van der Waals surface area contributed by atoms with Gasteiger partial charge in [0.1, 0.15) is 0 Å². The molecule has 0 atom stereocenters. The van der Waals surface area contributed by atoms with Crippen LogP contribution in [-0.4, -0.2) is 29.4 Å². The summed E-state index contributed by atoms with van der Waals surface area (Å²) in [6, 6.07) is 9.97. The molecule has 2 rings (SSSR count). The second-order valence-electron chi connectivity index (χ2n) is 4.85. The fourth-order valence-corrected chi connectivity index (χ4v) is 2.09. The first kappa shape index (κ1) is 13.5. The van der Waals surface area contributed by atoms with Gasteiger partial charge in [0.25, 0.3) is 0 Å². The van der Waals surface area contributed by atoms with E-state index in [1.807, 2.05) is 18.2 Å². The topological polar surface area (TPSA) is 75.4 Å². The van der Waals surface area contributed by atoms with Crippen molar-refractivity contribution in [3.63, 3.8) is 0 Å². The molecule has 3 amide bonds. The number of urea groups is 1. The smallest absolute Gasteiger partial charge is 0.318 e. The number of amides is 3. The second kappa shape index (κ2) is 6.33. The predicted molar refractivity (Wildman–Crippen MR) is 72.2 cm³/mol. The minimum atomic E-state index is -0.786. The van der Waals surface area contributed by atoms with E-state index < -0.39 is 6.03 Å². The van der Waals surface area contributed by atoms with E-state index >= 15 is 0 Å². The monoisotopic (exact) mass is 261 g/mol. The molecule has 0 aliphatic heterocycles. The van der Waals surface area contributed by atoms with Crippen LogP contribution in [0.5, 0.6) is 0 Å². The van der Waals surface area contributed by atoms with Crippen LogP contribution in [0.4, 0.5) is 4.79 Å². The molecule has 0 heterocycles. The summed E-state index contributed by atoms with van der Waals surface area (Å²) in [6.07, 6.45) is 2.67. The Hall–Kier alpha value is -1.88. The molecule has 1 aliphatic carbocycles. The van der Waals surface area contributed by atoms with Crippen molar-refractivity contribution in [2.75, 3.05) is 6.54 Å². The summed E-state index contributed by atoms with van der Waals surface area (Å²) < 4.78 is 0. The number of nitrogens with zero attached hydrogens (tertiary/aromatic N) is 1. The average molecular weight is 261 g/mol. The largest absolute Gasteiger partial charge is 0.351 e. The lowest BCUT2D eigenvalue weighted by atomic mass is 10.2. The van der Waals surface area contributed by atoms with Gasteiger partial charge in [0, 0.05) is 25.6 Å². The van der Waals surface area contributed by atoms with Gasteiger partial charge in [0.15, 0.2) is 0 Å². The van der Waals surface area contributed by atoms with Crippen LogP contribution in [-0.2, 0) is 11.3 Å². The minimum absolute atomic E-state index is 0.298. The molecule has 1 aliphatic rings. The van der Waals surface area contributed by atoms with Gasteiger partial charge < -0.3 is 5.73 Å². The van der Waals surface area contributed by atoms with Crippen molar-refractivity contribution in [3.8, 4) is 0 Å². The normalized spacial score (nSPS) is 14.4. The lowest BCUT2D eigenvalue weighted by molar-refractivity contribution is -0.120. The highest BCUT2D eigenvalue weighted by Gasteiger charge is 2.29. The highest BCUT2D eigenvalue weighted by Crippen LogP contribution is 2.28. The van der Waals surface area contributed by atoms with Gasteiger partial charge in [-0.1, -0.05) is 30.3 Å². The molecule has 0 unspecified atom stereocenters. The standard InChI is InChI=1S/C14H19N3O2/c15-14(19)16-13(18)8-9-17(12-6-7-12)10-11-4-2-1-3-5-11/h1-5,12H,6-10H2,(H3,15,16,18,19). The lowest BCUT2D eigenvalue weighted by Gasteiger charge is -2.21. The molecular weight excluding hydrogens is 242 g/mol. The summed E-state index contributed by atoms with van der Waals surface area (Å²) in [4.78, 5) is 24.3. The van der Waals surface area contributed by atoms with E-state index in [1.54, 1.807) is 0 Å². The Morgan fingerprint density at radius 3 is 2.53 bits per heavy atom. The van der Waals surface area contributed by atoms with Gasteiger partial charge in [-0.25, -0.2) is 4.79 Å². The molecule has 0 spiro atoms. The van der Waals surface area contributed by atoms with Gasteiger partial charge in [0.2, 0.25) is 5.91 Å². The fourth-order valence-electron chi connectivity index (χ4n) is 2.09. The van der Waals surface area contributed by atoms with Gasteiger partial charge >= 0.3 is 6.03 Å². The summed E-state index contributed by atoms with van der Waals surface area (Å²) in [6.45, 7) is 1.49. The zero-order valence-corrected chi connectivity index (χ0v) is 10.8. The highest BCUT2D eigenvalue weighted by atomic mass is 16.2. The Balaban J connectivity index is 1.83. The van der Waals surface area contributed by atoms with Crippen LogP contribution in [0.2, 0.25) is 0 Å². The van der Waals surface area contributed by atoms with Crippen molar-refractivity contribution in [3.05, 3.63) is 35.9 Å². The number of carbonyl (C=O) groups excluding carboxylic acids is 2. The van der Waals surface area contributed by atoms with Crippen LogP contribution in [0.15, 0.2) is 30.3 Å². The van der Waals surface area contributed by atoms with Crippen LogP contribution in [0, 0.1) is 0 Å². The number of primary amides is 1. The number of rotatable bonds is 6. The zero-order chi connectivity index (χ0) is 13.7. The Labute approximate surface area is 112 Å². The van der Waals surface area contributed by atoms with Crippen molar-refractivity contribution in [2.45, 2.75) is 31.8 Å². The van der Waals surface area contributed by atoms with Crippen molar-refractivity contribution in [1.29, 1.82) is 0 Å². The third-order valence-electron chi connectivity index (χ3n) is 3.18. The van der Waals surface area contributed by atoms with Crippen LogP contribution in [0.3, 0.4) is 0 Å². The average Bonchev–Trinajstić information content (AvgIpc) is 3.19. The third kappa shape index (κ3) is 4.71. The summed E-state index contributed by atoms with van der Waals surface area (Å²) in [5.41, 5.74) is 6.15. The molecule has 1 fully saturated rings. The van der Waals surface area contributed by atoms with Crippen molar-refractivity contribution >= 4 is 11.9 Å². The molecule has 0 saturated heterocycles. The molecule has 102 valence electrons. The molecule has 5 nitrogen and oxygen atoms in total. The SMILES string of the molecule is NC(=O)NC(=O)CCN(Cc1ccccc1)C1CC1. The molecule has 1 aromatic carbocycles. The van der Waals surface area contributed by atoms with Gasteiger partial charge in [-0.2, -0.15) is 0 Å². The maximum absolute atomic E-state index is 11.4. The number of carbonyl (C=O) groups is 2. The molecule has 0 aromatic heterocycles. The van der Waals surface area contributed by atoms with E-state index in [2.05, 4.69) is 22.3 Å². The van der Waals surface area contributed by atoms with E-state index in [0.717, 1.165) is 6.54 Å². The van der Waals surface area contributed by atoms with Crippen molar-refractivity contribution in [2.24, 2.45) is 5.73 Å². The molecule has 1 aromatic rings. The molecule has 5 heteroatoms. The number of imide groups is 1. The number of nitrogens with two attached hydrogens (primary N) is 1. The van der Waals surface area contributed by atoms with Crippen LogP contribution in [0.25, 0.3) is 0 Å². The fraction of sp³-hybridized carbons (Fsp3) is 0.429. The van der Waals surface area contributed by atoms with Crippen LogP contribution < -0.4 is 11.1 Å². The maximum Gasteiger partial charge on any atom is 0.318 e. The summed E-state index contributed by atoms with van der Waals surface area (Å²) in [7, 11) is 0. The Kier molecular flexibility index (Phi) is 4.52. The first-order valence-corrected chi connectivity index (χ1v) is 6.52. The van der Waals surface area contributed by atoms with Gasteiger partial charge in [-0.15, -0.1) is 0 Å². The number of hydrogen-bond acceptors (Lipinski definition) is 3. The summed E-state index contributed by atoms with van der Waals surface area (Å²) in [5, 5.41) is 2.09. The lowest BCUT2D eigenvalue weighted by Crippen LogP contribution is -2.37. The van der Waals surface area contributed by atoms with Crippen LogP contribution >= 0.6 is 0 Å². The Bertz CT molecular complexity index is 443. The zero-order valence-electron chi connectivity index (χ0n) is 10.8. The van der Waals surface area contributed by atoms with E-state index in [4.69, 9.17) is 5.73 Å². The minimum Gasteiger partial charge on any atom is -0.351 e. The van der Waals surface area contributed by atoms with E-state index in [9.17, 15) is 9.59 Å². The first-order valence-electron chi connectivity index (χ1n) is 6.52. The van der Waals surface area contributed by atoms with Gasteiger partial charge in [-0.05, 0) is 18.4 Å². The van der Waals surface area contributed by atoms with Crippen molar-refractivity contribution in [1.82, 2.24) is 10.2 Å². The van der Waals surface area contributed by atoms with Gasteiger partial charge in [0.05, 0.1) is 0 Å². The quantitative estimate of drug-likeness (QED) is 0.809. The molecule has 19 heavy (non-hydrogen) atoms. The molecule has 0 bridgehead atoms. The number of benzene rings is 1. The van der Waals surface area contributed by atoms with E-state index in [1.165, 1.54) is 18.4 Å². The first-order chi connectivity index (χ1) is 9.15. The molecule has 1 saturated carbocycles. The van der Waals surface area contributed by atoms with E-state index in [-0.39, 0.29) is 5.91 Å². The molecule has 3 N–H and O–H groups in total. The summed E-state index contributed by atoms with van der Waals surface area (Å²) >= 11 is 0. The maximum atomic E-state index is 11.4. The number of nitrogens with one attached hydrogen (secondary N) is 1. The Morgan fingerprint density at radius 1 is 1.26 bits per heavy atom. The predicted octanol–water partition coefficient (Wildman–Crippen LogP) is 1.24. The van der Waals surface area contributed by atoms with Crippen molar-refractivity contribution < 1.29 is 9.59 Å². The van der Waals surface area contributed by atoms with Gasteiger partial charge in [-0.3, -0.25) is 15.0 Å². The molecular formula is C14H19N3O2. The third-order valence-corrected chi connectivity index (χ3v) is 3.18. The Morgan fingerprint density at radius 2 is 1.95 bits per heavy atom.